The Bertz CT molecular complexity index is 1120. The first-order valence-electron chi connectivity index (χ1n) is 11.1. The second kappa shape index (κ2) is 8.74. The fourth-order valence-corrected chi connectivity index (χ4v) is 4.19. The van der Waals surface area contributed by atoms with Crippen molar-refractivity contribution in [3.8, 4) is 11.3 Å². The van der Waals surface area contributed by atoms with Crippen LogP contribution in [0.1, 0.15) is 34.3 Å². The van der Waals surface area contributed by atoms with Gasteiger partial charge in [-0.25, -0.2) is 4.39 Å². The molecule has 5 rings (SSSR count). The summed E-state index contributed by atoms with van der Waals surface area (Å²) < 4.78 is 25.9. The highest BCUT2D eigenvalue weighted by Crippen LogP contribution is 2.37. The van der Waals surface area contributed by atoms with E-state index in [2.05, 4.69) is 10.1 Å². The molecule has 0 unspecified atom stereocenters. The smallest absolute Gasteiger partial charge is 0.254 e. The minimum absolute atomic E-state index is 0.0233. The van der Waals surface area contributed by atoms with Gasteiger partial charge in [0.1, 0.15) is 11.5 Å². The van der Waals surface area contributed by atoms with Crippen LogP contribution in [-0.2, 0) is 11.3 Å². The molecule has 1 aliphatic heterocycles. The van der Waals surface area contributed by atoms with Gasteiger partial charge in [0.05, 0.1) is 25.3 Å². The Morgan fingerprint density at radius 2 is 1.94 bits per heavy atom. The number of anilines is 1. The quantitative estimate of drug-likeness (QED) is 0.573. The predicted octanol–water partition coefficient (Wildman–Crippen LogP) is 4.43. The second-order valence-electron chi connectivity index (χ2n) is 8.43. The van der Waals surface area contributed by atoms with Crippen molar-refractivity contribution in [1.82, 2.24) is 10.1 Å². The zero-order valence-electron chi connectivity index (χ0n) is 18.1. The van der Waals surface area contributed by atoms with Gasteiger partial charge in [-0.2, -0.15) is 0 Å². The molecule has 1 aliphatic carbocycles. The maximum Gasteiger partial charge on any atom is 0.254 e. The second-order valence-corrected chi connectivity index (χ2v) is 8.43. The van der Waals surface area contributed by atoms with Crippen LogP contribution in [0.25, 0.3) is 11.3 Å². The van der Waals surface area contributed by atoms with Gasteiger partial charge in [0.25, 0.3) is 5.91 Å². The summed E-state index contributed by atoms with van der Waals surface area (Å²) in [7, 11) is 0. The Kier molecular flexibility index (Phi) is 5.66. The third kappa shape index (κ3) is 4.12. The number of carbonyl (C=O) groups excluding carboxylic acids is 1. The average Bonchev–Trinajstić information content (AvgIpc) is 3.57. The molecule has 0 atom stereocenters. The topological polar surface area (TPSA) is 58.8 Å². The molecule has 1 saturated carbocycles. The number of ether oxygens (including phenoxy) is 1. The highest BCUT2D eigenvalue weighted by atomic mass is 19.1. The highest BCUT2D eigenvalue weighted by Gasteiger charge is 2.36. The summed E-state index contributed by atoms with van der Waals surface area (Å²) in [6.07, 6.45) is 1.93. The first-order valence-corrected chi connectivity index (χ1v) is 11.1. The number of rotatable bonds is 6. The van der Waals surface area contributed by atoms with Gasteiger partial charge in [0.2, 0.25) is 5.88 Å². The molecule has 1 aromatic heterocycles. The zero-order chi connectivity index (χ0) is 22.1. The van der Waals surface area contributed by atoms with Crippen LogP contribution in [0.5, 0.6) is 0 Å². The van der Waals surface area contributed by atoms with Crippen molar-refractivity contribution < 1.29 is 18.4 Å². The summed E-state index contributed by atoms with van der Waals surface area (Å²) in [5, 5.41) is 4.27. The van der Waals surface area contributed by atoms with Crippen molar-refractivity contribution in [3.05, 3.63) is 71.0 Å². The summed E-state index contributed by atoms with van der Waals surface area (Å²) in [6, 6.07) is 14.3. The number of hydrogen-bond acceptors (Lipinski definition) is 5. The summed E-state index contributed by atoms with van der Waals surface area (Å²) in [6.45, 7) is 4.79. The first-order chi connectivity index (χ1) is 15.6. The van der Waals surface area contributed by atoms with Crippen LogP contribution in [0, 0.1) is 12.7 Å². The number of halogens is 1. The van der Waals surface area contributed by atoms with Crippen LogP contribution in [0.2, 0.25) is 0 Å². The Morgan fingerprint density at radius 3 is 2.66 bits per heavy atom. The maximum absolute atomic E-state index is 14.7. The van der Waals surface area contributed by atoms with Crippen LogP contribution in [0.15, 0.2) is 53.1 Å². The first kappa shape index (κ1) is 20.7. The monoisotopic (exact) mass is 435 g/mol. The number of nitrogens with zero attached hydrogens (tertiary/aromatic N) is 3. The number of amides is 1. The van der Waals surface area contributed by atoms with E-state index >= 15 is 0 Å². The van der Waals surface area contributed by atoms with Crippen LogP contribution < -0.4 is 4.90 Å². The normalized spacial score (nSPS) is 16.2. The molecule has 3 aromatic rings. The number of hydrogen-bond donors (Lipinski definition) is 0. The molecule has 0 N–H and O–H groups in total. The van der Waals surface area contributed by atoms with E-state index in [1.165, 1.54) is 6.07 Å². The molecule has 1 amide bonds. The van der Waals surface area contributed by atoms with Crippen LogP contribution in [0.4, 0.5) is 10.3 Å². The lowest BCUT2D eigenvalue weighted by molar-refractivity contribution is 0.0729. The van der Waals surface area contributed by atoms with E-state index in [4.69, 9.17) is 9.26 Å². The molecule has 166 valence electrons. The Balaban J connectivity index is 1.54. The number of aryl methyl sites for hydroxylation is 1. The van der Waals surface area contributed by atoms with Gasteiger partial charge < -0.3 is 19.1 Å². The minimum Gasteiger partial charge on any atom is -0.378 e. The van der Waals surface area contributed by atoms with Crippen molar-refractivity contribution in [1.29, 1.82) is 0 Å². The molecule has 2 aliphatic rings. The van der Waals surface area contributed by atoms with Crippen molar-refractivity contribution >= 4 is 11.8 Å². The summed E-state index contributed by atoms with van der Waals surface area (Å²) in [4.78, 5) is 17.4. The van der Waals surface area contributed by atoms with Gasteiger partial charge in [-0.1, -0.05) is 35.0 Å². The van der Waals surface area contributed by atoms with Crippen LogP contribution in [-0.4, -0.2) is 48.3 Å². The largest absolute Gasteiger partial charge is 0.378 e. The number of carbonyl (C=O) groups is 1. The molecule has 32 heavy (non-hydrogen) atoms. The third-order valence-electron chi connectivity index (χ3n) is 6.04. The Hall–Kier alpha value is -3.19. The van der Waals surface area contributed by atoms with Crippen LogP contribution in [0.3, 0.4) is 0 Å². The lowest BCUT2D eigenvalue weighted by atomic mass is 10.0. The van der Waals surface area contributed by atoms with Gasteiger partial charge in [0, 0.05) is 30.3 Å². The molecule has 2 heterocycles. The van der Waals surface area contributed by atoms with Gasteiger partial charge in [-0.3, -0.25) is 4.79 Å². The third-order valence-corrected chi connectivity index (χ3v) is 6.04. The zero-order valence-corrected chi connectivity index (χ0v) is 18.1. The number of aromatic nitrogens is 1. The maximum atomic E-state index is 14.7. The SMILES string of the molecule is Cc1cccc(C(=O)N(Cc2c(-c3ccccc3F)noc2N2CCOCC2)C2CC2)c1. The number of morpholine rings is 1. The molecular weight excluding hydrogens is 409 g/mol. The van der Waals surface area contributed by atoms with E-state index in [0.29, 0.717) is 55.6 Å². The van der Waals surface area contributed by atoms with Crippen molar-refractivity contribution in [2.24, 2.45) is 0 Å². The fraction of sp³-hybridized carbons (Fsp3) is 0.360. The molecule has 0 spiro atoms. The molecule has 0 bridgehead atoms. The van der Waals surface area contributed by atoms with Crippen molar-refractivity contribution in [3.63, 3.8) is 0 Å². The Morgan fingerprint density at radius 1 is 1.16 bits per heavy atom. The van der Waals surface area contributed by atoms with Gasteiger partial charge >= 0.3 is 0 Å². The molecule has 2 fully saturated rings. The lowest BCUT2D eigenvalue weighted by Crippen LogP contribution is -2.38. The van der Waals surface area contributed by atoms with Crippen molar-refractivity contribution in [2.75, 3.05) is 31.2 Å². The van der Waals surface area contributed by atoms with E-state index in [0.717, 1.165) is 24.0 Å². The fourth-order valence-electron chi connectivity index (χ4n) is 4.19. The summed E-state index contributed by atoms with van der Waals surface area (Å²) in [5.41, 5.74) is 3.27. The van der Waals surface area contributed by atoms with E-state index in [1.54, 1.807) is 18.2 Å². The molecule has 1 saturated heterocycles. The standard InChI is InChI=1S/C25H26FN3O3/c1-17-5-4-6-18(15-17)24(30)29(19-9-10-19)16-21-23(20-7-2-3-8-22(20)26)27-32-25(21)28-11-13-31-14-12-28/h2-8,15,19H,9-14,16H2,1H3. The molecular formula is C25H26FN3O3. The number of benzene rings is 2. The molecule has 0 radical (unpaired) electrons. The van der Waals surface area contributed by atoms with Gasteiger partial charge in [0.15, 0.2) is 0 Å². The van der Waals surface area contributed by atoms with E-state index in [9.17, 15) is 9.18 Å². The molecule has 2 aromatic carbocycles. The van der Waals surface area contributed by atoms with Crippen LogP contribution >= 0.6 is 0 Å². The van der Waals surface area contributed by atoms with Gasteiger partial charge in [-0.15, -0.1) is 0 Å². The lowest BCUT2D eigenvalue weighted by Gasteiger charge is -2.28. The average molecular weight is 435 g/mol. The highest BCUT2D eigenvalue weighted by molar-refractivity contribution is 5.95. The molecule has 6 nitrogen and oxygen atoms in total. The summed E-state index contributed by atoms with van der Waals surface area (Å²) >= 11 is 0. The van der Waals surface area contributed by atoms with Crippen molar-refractivity contribution in [2.45, 2.75) is 32.4 Å². The predicted molar refractivity (Wildman–Crippen MR) is 119 cm³/mol. The minimum atomic E-state index is -0.362. The van der Waals surface area contributed by atoms with E-state index in [-0.39, 0.29) is 17.8 Å². The van der Waals surface area contributed by atoms with E-state index in [1.807, 2.05) is 36.1 Å². The van der Waals surface area contributed by atoms with E-state index < -0.39 is 0 Å². The molecule has 7 heteroatoms. The van der Waals surface area contributed by atoms with Gasteiger partial charge in [-0.05, 0) is 44.0 Å². The summed E-state index contributed by atoms with van der Waals surface area (Å²) in [5.74, 6) is 0.206. The Labute approximate surface area is 186 Å².